The Morgan fingerprint density at radius 3 is 2.60 bits per heavy atom. The van der Waals surface area contributed by atoms with Gasteiger partial charge in [-0.25, -0.2) is 0 Å². The first-order chi connectivity index (χ1) is 4.56. The van der Waals surface area contributed by atoms with Crippen molar-refractivity contribution in [2.75, 3.05) is 13.2 Å². The van der Waals surface area contributed by atoms with Crippen LogP contribution in [0.3, 0.4) is 0 Å². The minimum absolute atomic E-state index is 0.0502. The zero-order chi connectivity index (χ0) is 8.04. The lowest BCUT2D eigenvalue weighted by Gasteiger charge is -2.15. The Hall–Kier alpha value is -0.130. The molecule has 0 heterocycles. The predicted octanol–water partition coefficient (Wildman–Crippen LogP) is 1.73. The Bertz CT molecular complexity index is 118. The summed E-state index contributed by atoms with van der Waals surface area (Å²) in [6.07, 6.45) is 5.91. The zero-order valence-corrected chi connectivity index (χ0v) is 7.45. The molecule has 0 aliphatic heterocycles. The highest BCUT2D eigenvalue weighted by Gasteiger charge is 2.09. The second-order valence-corrected chi connectivity index (χ2v) is 4.03. The van der Waals surface area contributed by atoms with Crippen molar-refractivity contribution in [1.29, 1.82) is 0 Å². The Kier molecular flexibility index (Phi) is 4.59. The molecule has 0 aliphatic carbocycles. The summed E-state index contributed by atoms with van der Waals surface area (Å²) in [6.45, 7) is 5.20. The smallest absolute Gasteiger partial charge is 0.107 e. The molecule has 0 atom stereocenters. The van der Waals surface area contributed by atoms with Crippen LogP contribution < -0.4 is 0 Å². The summed E-state index contributed by atoms with van der Waals surface area (Å²) < 4.78 is 5.12. The van der Waals surface area contributed by atoms with Gasteiger partial charge in [-0.2, -0.15) is 12.6 Å². The second kappa shape index (κ2) is 4.65. The van der Waals surface area contributed by atoms with Crippen molar-refractivity contribution in [2.45, 2.75) is 25.0 Å². The van der Waals surface area contributed by atoms with Gasteiger partial charge in [0.05, 0.1) is 0 Å². The van der Waals surface area contributed by atoms with Crippen molar-refractivity contribution in [2.24, 2.45) is 0 Å². The summed E-state index contributed by atoms with van der Waals surface area (Å²) in [5.74, 6) is 2.41. The van der Waals surface area contributed by atoms with Gasteiger partial charge >= 0.3 is 0 Å². The number of terminal acetylenes is 1. The fourth-order valence-electron chi connectivity index (χ4n) is 0.453. The van der Waals surface area contributed by atoms with Gasteiger partial charge in [0, 0.05) is 11.4 Å². The Morgan fingerprint density at radius 1 is 1.60 bits per heavy atom. The Labute approximate surface area is 68.6 Å². The van der Waals surface area contributed by atoms with Gasteiger partial charge < -0.3 is 4.74 Å². The summed E-state index contributed by atoms with van der Waals surface area (Å²) >= 11 is 4.33. The van der Waals surface area contributed by atoms with Gasteiger partial charge in [-0.3, -0.25) is 0 Å². The average molecular weight is 158 g/mol. The quantitative estimate of drug-likeness (QED) is 0.372. The van der Waals surface area contributed by atoms with Crippen molar-refractivity contribution in [3.8, 4) is 12.3 Å². The van der Waals surface area contributed by atoms with Crippen molar-refractivity contribution < 1.29 is 4.74 Å². The topological polar surface area (TPSA) is 9.23 Å². The fraction of sp³-hybridized carbons (Fsp3) is 0.750. The van der Waals surface area contributed by atoms with Crippen LogP contribution in [0.4, 0.5) is 0 Å². The van der Waals surface area contributed by atoms with E-state index in [0.29, 0.717) is 13.2 Å². The molecule has 10 heavy (non-hydrogen) atoms. The molecule has 1 nitrogen and oxygen atoms in total. The van der Waals surface area contributed by atoms with Crippen molar-refractivity contribution >= 4 is 12.6 Å². The van der Waals surface area contributed by atoms with Crippen LogP contribution in [0.1, 0.15) is 20.3 Å². The lowest BCUT2D eigenvalue weighted by atomic mass is 10.1. The number of thiol groups is 1. The molecule has 0 radical (unpaired) electrons. The van der Waals surface area contributed by atoms with Gasteiger partial charge in [0.15, 0.2) is 0 Å². The summed E-state index contributed by atoms with van der Waals surface area (Å²) in [7, 11) is 0. The van der Waals surface area contributed by atoms with Gasteiger partial charge in [-0.15, -0.1) is 6.42 Å². The third-order valence-electron chi connectivity index (χ3n) is 1.04. The molecule has 0 saturated heterocycles. The van der Waals surface area contributed by atoms with E-state index in [2.05, 4.69) is 32.4 Å². The van der Waals surface area contributed by atoms with E-state index in [9.17, 15) is 0 Å². The lowest BCUT2D eigenvalue weighted by Crippen LogP contribution is -2.13. The van der Waals surface area contributed by atoms with E-state index >= 15 is 0 Å². The third-order valence-corrected chi connectivity index (χ3v) is 1.27. The average Bonchev–Trinajstić information content (AvgIpc) is 1.78. The van der Waals surface area contributed by atoms with Gasteiger partial charge in [0.25, 0.3) is 0 Å². The molecule has 0 fully saturated rings. The van der Waals surface area contributed by atoms with E-state index in [-0.39, 0.29) is 4.75 Å². The van der Waals surface area contributed by atoms with Gasteiger partial charge in [-0.05, 0) is 6.42 Å². The van der Waals surface area contributed by atoms with Crippen LogP contribution in [0.25, 0.3) is 0 Å². The minimum atomic E-state index is 0.0502. The van der Waals surface area contributed by atoms with E-state index < -0.39 is 0 Å². The zero-order valence-electron chi connectivity index (χ0n) is 6.55. The monoisotopic (exact) mass is 158 g/mol. The summed E-state index contributed by atoms with van der Waals surface area (Å²) in [6, 6.07) is 0. The molecule has 0 aromatic carbocycles. The predicted molar refractivity (Wildman–Crippen MR) is 47.3 cm³/mol. The van der Waals surface area contributed by atoms with E-state index in [4.69, 9.17) is 11.2 Å². The molecule has 0 rings (SSSR count). The maximum atomic E-state index is 5.07. The van der Waals surface area contributed by atoms with Crippen LogP contribution in [0, 0.1) is 12.3 Å². The van der Waals surface area contributed by atoms with Crippen molar-refractivity contribution in [3.63, 3.8) is 0 Å². The lowest BCUT2D eigenvalue weighted by molar-refractivity contribution is 0.158. The van der Waals surface area contributed by atoms with Crippen LogP contribution in [-0.4, -0.2) is 18.0 Å². The first-order valence-corrected chi connectivity index (χ1v) is 3.74. The van der Waals surface area contributed by atoms with Crippen LogP contribution in [-0.2, 0) is 4.74 Å². The molecule has 0 saturated carbocycles. The maximum absolute atomic E-state index is 5.07. The van der Waals surface area contributed by atoms with Gasteiger partial charge in [-0.1, -0.05) is 19.8 Å². The van der Waals surface area contributed by atoms with Crippen molar-refractivity contribution in [3.05, 3.63) is 0 Å². The molecular weight excluding hydrogens is 144 g/mol. The molecule has 0 unspecified atom stereocenters. The van der Waals surface area contributed by atoms with Crippen LogP contribution in [0.15, 0.2) is 0 Å². The molecule has 0 bridgehead atoms. The molecule has 58 valence electrons. The van der Waals surface area contributed by atoms with Crippen LogP contribution >= 0.6 is 12.6 Å². The van der Waals surface area contributed by atoms with E-state index in [1.54, 1.807) is 0 Å². The molecule has 0 amide bonds. The SMILES string of the molecule is C#CCOCCC(C)(C)S. The van der Waals surface area contributed by atoms with E-state index in [1.165, 1.54) is 0 Å². The molecule has 2 heteroatoms. The molecular formula is C8H14OS. The van der Waals surface area contributed by atoms with Gasteiger partial charge in [0.1, 0.15) is 6.61 Å². The van der Waals surface area contributed by atoms with Gasteiger partial charge in [0.2, 0.25) is 0 Å². The molecule has 0 N–H and O–H groups in total. The van der Waals surface area contributed by atoms with Crippen LogP contribution in [0.5, 0.6) is 0 Å². The molecule has 0 aromatic rings. The number of hydrogen-bond donors (Lipinski definition) is 1. The largest absolute Gasteiger partial charge is 0.369 e. The minimum Gasteiger partial charge on any atom is -0.369 e. The van der Waals surface area contributed by atoms with E-state index in [1.807, 2.05) is 0 Å². The standard InChI is InChI=1S/C8H14OS/c1-4-6-9-7-5-8(2,3)10/h1,10H,5-7H2,2-3H3. The summed E-state index contributed by atoms with van der Waals surface area (Å²) in [4.78, 5) is 0. The number of hydrogen-bond acceptors (Lipinski definition) is 2. The highest BCUT2D eigenvalue weighted by atomic mass is 32.1. The second-order valence-electron chi connectivity index (χ2n) is 2.82. The Morgan fingerprint density at radius 2 is 2.20 bits per heavy atom. The first-order valence-electron chi connectivity index (χ1n) is 3.30. The summed E-state index contributed by atoms with van der Waals surface area (Å²) in [5, 5.41) is 0. The number of rotatable bonds is 4. The maximum Gasteiger partial charge on any atom is 0.107 e. The molecule has 0 aliphatic rings. The fourth-order valence-corrected chi connectivity index (χ4v) is 0.544. The number of ether oxygens (including phenoxy) is 1. The highest BCUT2D eigenvalue weighted by molar-refractivity contribution is 7.81. The molecule has 0 aromatic heterocycles. The third kappa shape index (κ3) is 7.87. The van der Waals surface area contributed by atoms with Crippen molar-refractivity contribution in [1.82, 2.24) is 0 Å². The summed E-state index contributed by atoms with van der Waals surface area (Å²) in [5.41, 5.74) is 0. The van der Waals surface area contributed by atoms with Crippen LogP contribution in [0.2, 0.25) is 0 Å². The Balaban J connectivity index is 3.14. The molecule has 0 spiro atoms. The van der Waals surface area contributed by atoms with E-state index in [0.717, 1.165) is 6.42 Å². The normalized spacial score (nSPS) is 11.0. The first kappa shape index (κ1) is 9.87. The highest BCUT2D eigenvalue weighted by Crippen LogP contribution is 2.15.